The Bertz CT molecular complexity index is 913. The lowest BCUT2D eigenvalue weighted by atomic mass is 9.60. The predicted molar refractivity (Wildman–Crippen MR) is 114 cm³/mol. The van der Waals surface area contributed by atoms with Crippen molar-refractivity contribution in [3.05, 3.63) is 72.3 Å². The topological polar surface area (TPSA) is 46.6 Å². The molecule has 1 amide bonds. The molecule has 0 spiro atoms. The van der Waals surface area contributed by atoms with E-state index >= 15 is 0 Å². The second-order valence-electron chi connectivity index (χ2n) is 8.47. The van der Waals surface area contributed by atoms with E-state index < -0.39 is 5.41 Å². The molecule has 0 bridgehead atoms. The molecule has 4 heteroatoms. The Kier molecular flexibility index (Phi) is 4.81. The van der Waals surface area contributed by atoms with Gasteiger partial charge in [0.1, 0.15) is 6.10 Å². The first kappa shape index (κ1) is 19.4. The molecule has 2 aliphatic rings. The monoisotopic (exact) mass is 389 g/mol. The zero-order chi connectivity index (χ0) is 20.8. The van der Waals surface area contributed by atoms with Gasteiger partial charge in [0.2, 0.25) is 5.91 Å². The third-order valence-electron chi connectivity index (χ3n) is 6.64. The van der Waals surface area contributed by atoms with E-state index in [0.717, 1.165) is 16.9 Å². The van der Waals surface area contributed by atoms with Gasteiger partial charge < -0.3 is 4.74 Å². The fourth-order valence-corrected chi connectivity index (χ4v) is 5.09. The first-order valence-corrected chi connectivity index (χ1v) is 10.2. The Hall–Kier alpha value is -2.88. The van der Waals surface area contributed by atoms with Crippen LogP contribution in [0.1, 0.15) is 27.7 Å². The predicted octanol–water partition coefficient (Wildman–Crippen LogP) is 5.13. The summed E-state index contributed by atoms with van der Waals surface area (Å²) in [6.07, 6.45) is 1.72. The highest BCUT2D eigenvalue weighted by molar-refractivity contribution is 6.03. The standard InChI is InChI=1S/C25H27NO3/c1-16-15-25(4)22(18(3)29-24(25)28)21(17(16)2)23(27)26(19-11-7-5-8-12-19)20-13-9-6-10-14-20/h5-15,17-18,21-22H,1-4H3/t17-,18-,21+,22?,25-/m1/s1. The van der Waals surface area contributed by atoms with Crippen molar-refractivity contribution < 1.29 is 14.3 Å². The highest BCUT2D eigenvalue weighted by atomic mass is 16.6. The highest BCUT2D eigenvalue weighted by Gasteiger charge is 2.60. The van der Waals surface area contributed by atoms with Gasteiger partial charge in [-0.25, -0.2) is 0 Å². The molecular weight excluding hydrogens is 362 g/mol. The molecule has 5 atom stereocenters. The second kappa shape index (κ2) is 7.18. The van der Waals surface area contributed by atoms with Gasteiger partial charge in [-0.2, -0.15) is 0 Å². The van der Waals surface area contributed by atoms with E-state index in [2.05, 4.69) is 6.92 Å². The molecule has 1 heterocycles. The van der Waals surface area contributed by atoms with Gasteiger partial charge >= 0.3 is 5.97 Å². The van der Waals surface area contributed by atoms with E-state index in [1.165, 1.54) is 0 Å². The molecule has 2 aromatic rings. The lowest BCUT2D eigenvalue weighted by molar-refractivity contribution is -0.146. The molecule has 150 valence electrons. The minimum absolute atomic E-state index is 0.00345. The average molecular weight is 389 g/mol. The minimum atomic E-state index is -0.768. The van der Waals surface area contributed by atoms with Crippen LogP contribution in [0.3, 0.4) is 0 Å². The Labute approximate surface area is 172 Å². The zero-order valence-electron chi connectivity index (χ0n) is 17.3. The van der Waals surface area contributed by atoms with Crippen molar-refractivity contribution in [1.29, 1.82) is 0 Å². The molecular formula is C25H27NO3. The molecule has 4 nitrogen and oxygen atoms in total. The molecule has 1 saturated heterocycles. The number of para-hydroxylation sites is 2. The number of hydrogen-bond acceptors (Lipinski definition) is 3. The zero-order valence-corrected chi connectivity index (χ0v) is 17.3. The van der Waals surface area contributed by atoms with Gasteiger partial charge in [0.25, 0.3) is 0 Å². The summed E-state index contributed by atoms with van der Waals surface area (Å²) in [5, 5.41) is 0. The molecule has 0 N–H and O–H groups in total. The summed E-state index contributed by atoms with van der Waals surface area (Å²) in [6, 6.07) is 19.4. The molecule has 4 rings (SSSR count). The van der Waals surface area contributed by atoms with Crippen LogP contribution in [-0.2, 0) is 14.3 Å². The van der Waals surface area contributed by atoms with Gasteiger partial charge in [0.05, 0.1) is 11.3 Å². The number of carbonyl (C=O) groups is 2. The number of carbonyl (C=O) groups excluding carboxylic acids is 2. The molecule has 2 aromatic carbocycles. The van der Waals surface area contributed by atoms with Gasteiger partial charge in [-0.15, -0.1) is 0 Å². The molecule has 0 radical (unpaired) electrons. The molecule has 1 aliphatic heterocycles. The van der Waals surface area contributed by atoms with Crippen LogP contribution in [-0.4, -0.2) is 18.0 Å². The van der Waals surface area contributed by atoms with Crippen LogP contribution < -0.4 is 4.90 Å². The quantitative estimate of drug-likeness (QED) is 0.540. The maximum atomic E-state index is 14.1. The summed E-state index contributed by atoms with van der Waals surface area (Å²) in [5.41, 5.74) is 1.94. The van der Waals surface area contributed by atoms with Gasteiger partial charge in [-0.3, -0.25) is 14.5 Å². The largest absolute Gasteiger partial charge is 0.462 e. The third-order valence-corrected chi connectivity index (χ3v) is 6.64. The van der Waals surface area contributed by atoms with Crippen LogP contribution in [0.25, 0.3) is 0 Å². The number of benzene rings is 2. The van der Waals surface area contributed by atoms with Gasteiger partial charge in [-0.1, -0.05) is 55.0 Å². The minimum Gasteiger partial charge on any atom is -0.462 e. The molecule has 1 unspecified atom stereocenters. The first-order chi connectivity index (χ1) is 13.8. The number of esters is 1. The van der Waals surface area contributed by atoms with Crippen LogP contribution in [0.4, 0.5) is 11.4 Å². The highest BCUT2D eigenvalue weighted by Crippen LogP contribution is 2.53. The van der Waals surface area contributed by atoms with E-state index in [9.17, 15) is 9.59 Å². The third kappa shape index (κ3) is 3.07. The SMILES string of the molecule is CC1=C[C@@]2(C)C(=O)O[C@H](C)C2[C@@H](C(=O)N(c2ccccc2)c2ccccc2)[C@@H]1C. The summed E-state index contributed by atoms with van der Waals surface area (Å²) in [7, 11) is 0. The molecule has 1 fully saturated rings. The molecule has 0 aromatic heterocycles. The molecule has 0 saturated carbocycles. The molecule has 29 heavy (non-hydrogen) atoms. The number of anilines is 2. The maximum Gasteiger partial charge on any atom is 0.316 e. The normalized spacial score (nSPS) is 30.9. The summed E-state index contributed by atoms with van der Waals surface area (Å²) in [6.45, 7) is 7.91. The maximum absolute atomic E-state index is 14.1. The van der Waals surface area contributed by atoms with Crippen LogP contribution in [0.15, 0.2) is 72.3 Å². The van der Waals surface area contributed by atoms with Crippen molar-refractivity contribution in [3.8, 4) is 0 Å². The van der Waals surface area contributed by atoms with Crippen LogP contribution in [0.2, 0.25) is 0 Å². The van der Waals surface area contributed by atoms with Crippen molar-refractivity contribution >= 4 is 23.3 Å². The van der Waals surface area contributed by atoms with Crippen LogP contribution in [0, 0.1) is 23.2 Å². The second-order valence-corrected chi connectivity index (χ2v) is 8.47. The van der Waals surface area contributed by atoms with Crippen LogP contribution >= 0.6 is 0 Å². The fourth-order valence-electron chi connectivity index (χ4n) is 5.09. The van der Waals surface area contributed by atoms with Crippen molar-refractivity contribution in [2.45, 2.75) is 33.8 Å². The number of allylic oxidation sites excluding steroid dienone is 1. The Morgan fingerprint density at radius 2 is 1.48 bits per heavy atom. The summed E-state index contributed by atoms with van der Waals surface area (Å²) >= 11 is 0. The lowest BCUT2D eigenvalue weighted by Gasteiger charge is -2.42. The number of rotatable bonds is 3. The van der Waals surface area contributed by atoms with E-state index in [0.29, 0.717) is 0 Å². The van der Waals surface area contributed by atoms with E-state index in [4.69, 9.17) is 4.74 Å². The van der Waals surface area contributed by atoms with Crippen LogP contribution in [0.5, 0.6) is 0 Å². The van der Waals surface area contributed by atoms with E-state index in [1.54, 1.807) is 4.90 Å². The van der Waals surface area contributed by atoms with Crippen molar-refractivity contribution in [2.75, 3.05) is 4.90 Å². The first-order valence-electron chi connectivity index (χ1n) is 10.2. The Morgan fingerprint density at radius 1 is 0.966 bits per heavy atom. The van der Waals surface area contributed by atoms with E-state index in [-0.39, 0.29) is 35.7 Å². The number of cyclic esters (lactones) is 1. The van der Waals surface area contributed by atoms with Gasteiger partial charge in [0, 0.05) is 17.3 Å². The number of ether oxygens (including phenoxy) is 1. The summed E-state index contributed by atoms with van der Waals surface area (Å²) in [5.74, 6) is -0.760. The number of hydrogen-bond donors (Lipinski definition) is 0. The van der Waals surface area contributed by atoms with Gasteiger partial charge in [-0.05, 0) is 51.0 Å². The van der Waals surface area contributed by atoms with Crippen molar-refractivity contribution in [2.24, 2.45) is 23.2 Å². The average Bonchev–Trinajstić information content (AvgIpc) is 2.93. The Balaban J connectivity index is 1.84. The summed E-state index contributed by atoms with van der Waals surface area (Å²) in [4.78, 5) is 28.6. The number of fused-ring (bicyclic) bond motifs is 1. The molecule has 1 aliphatic carbocycles. The lowest BCUT2D eigenvalue weighted by Crippen LogP contribution is -2.49. The number of nitrogens with zero attached hydrogens (tertiary/aromatic N) is 1. The Morgan fingerprint density at radius 3 is 2.00 bits per heavy atom. The summed E-state index contributed by atoms with van der Waals surface area (Å²) < 4.78 is 5.63. The van der Waals surface area contributed by atoms with Crippen molar-refractivity contribution in [3.63, 3.8) is 0 Å². The van der Waals surface area contributed by atoms with E-state index in [1.807, 2.05) is 87.5 Å². The van der Waals surface area contributed by atoms with Gasteiger partial charge in [0.15, 0.2) is 0 Å². The number of amides is 1. The fraction of sp³-hybridized carbons (Fsp3) is 0.360. The smallest absolute Gasteiger partial charge is 0.316 e. The van der Waals surface area contributed by atoms with Crippen molar-refractivity contribution in [1.82, 2.24) is 0 Å².